The molecule has 0 spiro atoms. The summed E-state index contributed by atoms with van der Waals surface area (Å²) in [7, 11) is 0. The molecule has 2 saturated carbocycles. The van der Waals surface area contributed by atoms with Gasteiger partial charge in [-0.2, -0.15) is 0 Å². The number of aliphatic hydroxyl groups is 1. The molecular formula is C11H15F2NO2. The average molecular weight is 231 g/mol. The summed E-state index contributed by atoms with van der Waals surface area (Å²) < 4.78 is 26.0. The van der Waals surface area contributed by atoms with E-state index in [0.29, 0.717) is 0 Å². The van der Waals surface area contributed by atoms with Crippen LogP contribution in [0.4, 0.5) is 8.78 Å². The molecule has 0 radical (unpaired) electrons. The second-order valence-electron chi connectivity index (χ2n) is 5.51. The number of alkyl halides is 2. The molecular weight excluding hydrogens is 216 g/mol. The van der Waals surface area contributed by atoms with E-state index >= 15 is 0 Å². The molecule has 0 bridgehead atoms. The summed E-state index contributed by atoms with van der Waals surface area (Å²) >= 11 is 0. The van der Waals surface area contributed by atoms with Gasteiger partial charge in [0.15, 0.2) is 0 Å². The monoisotopic (exact) mass is 231 g/mol. The van der Waals surface area contributed by atoms with E-state index in [9.17, 15) is 18.7 Å². The van der Waals surface area contributed by atoms with E-state index < -0.39 is 29.3 Å². The molecule has 3 rings (SSSR count). The topological polar surface area (TPSA) is 40.5 Å². The van der Waals surface area contributed by atoms with E-state index in [0.717, 1.165) is 12.8 Å². The Morgan fingerprint density at radius 1 is 1.38 bits per heavy atom. The normalized spacial score (nSPS) is 39.1. The van der Waals surface area contributed by atoms with Crippen LogP contribution in [0.3, 0.4) is 0 Å². The lowest BCUT2D eigenvalue weighted by molar-refractivity contribution is -0.162. The van der Waals surface area contributed by atoms with Gasteiger partial charge in [-0.3, -0.25) is 4.79 Å². The Morgan fingerprint density at radius 3 is 2.25 bits per heavy atom. The van der Waals surface area contributed by atoms with Crippen molar-refractivity contribution in [1.82, 2.24) is 4.90 Å². The van der Waals surface area contributed by atoms with Gasteiger partial charge in [-0.15, -0.1) is 0 Å². The van der Waals surface area contributed by atoms with E-state index in [2.05, 4.69) is 0 Å². The smallest absolute Gasteiger partial charge is 0.263 e. The summed E-state index contributed by atoms with van der Waals surface area (Å²) in [5, 5.41) is 9.99. The number of carbonyl (C=O) groups excluding carboxylic acids is 1. The molecule has 1 N–H and O–H groups in total. The van der Waals surface area contributed by atoms with E-state index in [1.165, 1.54) is 11.8 Å². The first-order valence-corrected chi connectivity index (χ1v) is 5.75. The van der Waals surface area contributed by atoms with Crippen molar-refractivity contribution in [3.63, 3.8) is 0 Å². The van der Waals surface area contributed by atoms with Gasteiger partial charge in [0.05, 0.1) is 13.1 Å². The van der Waals surface area contributed by atoms with Crippen LogP contribution in [0.2, 0.25) is 0 Å². The lowest BCUT2D eigenvalue weighted by atomic mass is 9.88. The van der Waals surface area contributed by atoms with Crippen LogP contribution in [-0.4, -0.2) is 40.5 Å². The van der Waals surface area contributed by atoms with Crippen molar-refractivity contribution in [1.29, 1.82) is 0 Å². The van der Waals surface area contributed by atoms with E-state index in [1.807, 2.05) is 0 Å². The second-order valence-corrected chi connectivity index (χ2v) is 5.51. The van der Waals surface area contributed by atoms with Crippen molar-refractivity contribution >= 4 is 5.91 Å². The van der Waals surface area contributed by atoms with Gasteiger partial charge in [-0.1, -0.05) is 6.92 Å². The Labute approximate surface area is 92.4 Å². The summed E-state index contributed by atoms with van der Waals surface area (Å²) in [6.07, 6.45) is 1.99. The number of halogens is 2. The number of hydrogen-bond acceptors (Lipinski definition) is 2. The predicted molar refractivity (Wildman–Crippen MR) is 51.9 cm³/mol. The molecule has 3 aliphatic rings. The molecule has 2 aliphatic carbocycles. The Hall–Kier alpha value is -0.710. The molecule has 90 valence electrons. The van der Waals surface area contributed by atoms with Crippen molar-refractivity contribution in [2.75, 3.05) is 13.1 Å². The summed E-state index contributed by atoms with van der Waals surface area (Å²) in [6.45, 7) is 1.89. The lowest BCUT2D eigenvalue weighted by Crippen LogP contribution is -2.65. The van der Waals surface area contributed by atoms with Crippen LogP contribution >= 0.6 is 0 Å². The largest absolute Gasteiger partial charge is 0.386 e. The number of carbonyl (C=O) groups is 1. The Bertz CT molecular complexity index is 348. The molecule has 1 saturated heterocycles. The summed E-state index contributed by atoms with van der Waals surface area (Å²) in [5.41, 5.74) is -0.775. The number of rotatable bonds is 2. The standard InChI is InChI=1S/C11H15F2NO2/c1-6-8(11(6,12)13)9(15)14-4-10(16,5-14)7-2-3-7/h6-8,16H,2-5H2,1H3. The molecule has 0 aromatic carbocycles. The summed E-state index contributed by atoms with van der Waals surface area (Å²) in [5.74, 6) is -5.01. The highest BCUT2D eigenvalue weighted by molar-refractivity contribution is 5.84. The van der Waals surface area contributed by atoms with Crippen LogP contribution < -0.4 is 0 Å². The van der Waals surface area contributed by atoms with Gasteiger partial charge in [-0.05, 0) is 18.8 Å². The van der Waals surface area contributed by atoms with Gasteiger partial charge in [0, 0.05) is 5.92 Å². The number of hydrogen-bond donors (Lipinski definition) is 1. The molecule has 0 aromatic rings. The highest BCUT2D eigenvalue weighted by atomic mass is 19.3. The van der Waals surface area contributed by atoms with Crippen LogP contribution in [0.15, 0.2) is 0 Å². The first kappa shape index (κ1) is 10.4. The van der Waals surface area contributed by atoms with Crippen LogP contribution in [-0.2, 0) is 4.79 Å². The summed E-state index contributed by atoms with van der Waals surface area (Å²) in [4.78, 5) is 13.1. The minimum absolute atomic E-state index is 0.246. The highest BCUT2D eigenvalue weighted by Crippen LogP contribution is 2.56. The fourth-order valence-electron chi connectivity index (χ4n) is 2.70. The molecule has 0 aromatic heterocycles. The van der Waals surface area contributed by atoms with Gasteiger partial charge < -0.3 is 10.0 Å². The third-order valence-corrected chi connectivity index (χ3v) is 4.26. The first-order valence-electron chi connectivity index (χ1n) is 5.75. The quantitative estimate of drug-likeness (QED) is 0.766. The molecule has 3 nitrogen and oxygen atoms in total. The van der Waals surface area contributed by atoms with Gasteiger partial charge in [-0.25, -0.2) is 8.78 Å². The molecule has 2 atom stereocenters. The highest BCUT2D eigenvalue weighted by Gasteiger charge is 2.71. The van der Waals surface area contributed by atoms with Gasteiger partial charge in [0.25, 0.3) is 5.92 Å². The average Bonchev–Trinajstić information content (AvgIpc) is 3.01. The van der Waals surface area contributed by atoms with E-state index in [1.54, 1.807) is 0 Å². The van der Waals surface area contributed by atoms with Crippen LogP contribution in [0, 0.1) is 17.8 Å². The third-order valence-electron chi connectivity index (χ3n) is 4.26. The van der Waals surface area contributed by atoms with Gasteiger partial charge in [0.2, 0.25) is 5.91 Å². The SMILES string of the molecule is CC1C(C(=O)N2CC(O)(C3CC3)C2)C1(F)F. The number of β-amino-alcohol motifs (C(OH)–C–C–N with tert-alkyl or cyclic N) is 1. The number of nitrogens with zero attached hydrogens (tertiary/aromatic N) is 1. The molecule has 1 heterocycles. The maximum Gasteiger partial charge on any atom is 0.263 e. The van der Waals surface area contributed by atoms with Crippen molar-refractivity contribution in [3.8, 4) is 0 Å². The molecule has 2 unspecified atom stereocenters. The first-order chi connectivity index (χ1) is 7.36. The maximum absolute atomic E-state index is 13.0. The minimum atomic E-state index is -2.83. The van der Waals surface area contributed by atoms with Crippen LogP contribution in [0.1, 0.15) is 19.8 Å². The molecule has 1 amide bonds. The minimum Gasteiger partial charge on any atom is -0.386 e. The zero-order valence-corrected chi connectivity index (χ0v) is 9.12. The number of amides is 1. The van der Waals surface area contributed by atoms with Gasteiger partial charge >= 0.3 is 0 Å². The van der Waals surface area contributed by atoms with Crippen molar-refractivity contribution < 1.29 is 18.7 Å². The van der Waals surface area contributed by atoms with Crippen molar-refractivity contribution in [3.05, 3.63) is 0 Å². The molecule has 1 aliphatic heterocycles. The van der Waals surface area contributed by atoms with Gasteiger partial charge in [0.1, 0.15) is 11.5 Å². The number of likely N-dealkylation sites (tertiary alicyclic amines) is 1. The summed E-state index contributed by atoms with van der Waals surface area (Å²) in [6, 6.07) is 0. The Balaban J connectivity index is 1.59. The maximum atomic E-state index is 13.0. The fraction of sp³-hybridized carbons (Fsp3) is 0.909. The Morgan fingerprint density at radius 2 is 1.88 bits per heavy atom. The zero-order chi connectivity index (χ0) is 11.7. The van der Waals surface area contributed by atoms with Crippen molar-refractivity contribution in [2.24, 2.45) is 17.8 Å². The Kier molecular flexibility index (Phi) is 1.80. The third kappa shape index (κ3) is 1.24. The zero-order valence-electron chi connectivity index (χ0n) is 9.12. The molecule has 5 heteroatoms. The van der Waals surface area contributed by atoms with Crippen LogP contribution in [0.5, 0.6) is 0 Å². The molecule has 16 heavy (non-hydrogen) atoms. The fourth-order valence-corrected chi connectivity index (χ4v) is 2.70. The van der Waals surface area contributed by atoms with Crippen molar-refractivity contribution in [2.45, 2.75) is 31.3 Å². The second kappa shape index (κ2) is 2.75. The van der Waals surface area contributed by atoms with E-state index in [4.69, 9.17) is 0 Å². The van der Waals surface area contributed by atoms with E-state index in [-0.39, 0.29) is 19.0 Å². The predicted octanol–water partition coefficient (Wildman–Crippen LogP) is 0.871. The van der Waals surface area contributed by atoms with Crippen LogP contribution in [0.25, 0.3) is 0 Å². The molecule has 3 fully saturated rings. The lowest BCUT2D eigenvalue weighted by Gasteiger charge is -2.47.